The topological polar surface area (TPSA) is 80.7 Å². The summed E-state index contributed by atoms with van der Waals surface area (Å²) in [6.45, 7) is 2.31. The van der Waals surface area contributed by atoms with E-state index in [0.717, 1.165) is 5.56 Å². The van der Waals surface area contributed by atoms with Gasteiger partial charge in [-0.15, -0.1) is 0 Å². The summed E-state index contributed by atoms with van der Waals surface area (Å²) < 4.78 is 25.1. The molecule has 1 aromatic heterocycles. The average molecular weight is 400 g/mol. The quantitative estimate of drug-likeness (QED) is 0.708. The second-order valence-electron chi connectivity index (χ2n) is 6.78. The Kier molecular flexibility index (Phi) is 7.32. The number of aliphatic hydroxyl groups excluding tert-OH is 1. The molecule has 0 aliphatic carbocycles. The highest BCUT2D eigenvalue weighted by Gasteiger charge is 2.37. The molecule has 0 unspecified atom stereocenters. The fourth-order valence-electron chi connectivity index (χ4n) is 3.46. The zero-order chi connectivity index (χ0) is 20.6. The van der Waals surface area contributed by atoms with E-state index in [1.165, 1.54) is 12.1 Å². The number of ether oxygens (including phenoxy) is 2. The molecule has 1 aliphatic heterocycles. The van der Waals surface area contributed by atoms with Gasteiger partial charge in [0.15, 0.2) is 5.76 Å². The number of rotatable bonds is 8. The highest BCUT2D eigenvalue weighted by molar-refractivity contribution is 6.02. The summed E-state index contributed by atoms with van der Waals surface area (Å²) in [4.78, 5) is 16.8. The number of aromatic nitrogens is 1. The molecule has 0 fully saturated rings. The number of hydrogen-bond donors (Lipinski definition) is 2. The molecule has 1 amide bonds. The second kappa shape index (κ2) is 10.1. The third-order valence-corrected chi connectivity index (χ3v) is 4.81. The van der Waals surface area contributed by atoms with Crippen LogP contribution in [0.3, 0.4) is 0 Å². The van der Waals surface area contributed by atoms with Crippen LogP contribution in [0.4, 0.5) is 10.1 Å². The van der Waals surface area contributed by atoms with Crippen molar-refractivity contribution in [1.29, 1.82) is 0 Å². The van der Waals surface area contributed by atoms with E-state index >= 15 is 0 Å². The third-order valence-electron chi connectivity index (χ3n) is 4.81. The Bertz CT molecular complexity index is 826. The number of allylic oxidation sites excluding steroid dienone is 1. The molecule has 1 aliphatic rings. The van der Waals surface area contributed by atoms with Crippen LogP contribution in [0.2, 0.25) is 0 Å². The van der Waals surface area contributed by atoms with Crippen molar-refractivity contribution in [2.24, 2.45) is 5.92 Å². The van der Waals surface area contributed by atoms with Gasteiger partial charge in [0, 0.05) is 31.2 Å². The number of aliphatic hydroxyl groups is 1. The minimum atomic E-state index is -0.652. The molecular formula is C22H25FN2O4. The van der Waals surface area contributed by atoms with Gasteiger partial charge in [-0.25, -0.2) is 4.39 Å². The predicted octanol–water partition coefficient (Wildman–Crippen LogP) is 3.61. The van der Waals surface area contributed by atoms with Gasteiger partial charge in [0.2, 0.25) is 6.29 Å². The van der Waals surface area contributed by atoms with Gasteiger partial charge in [0.25, 0.3) is 5.91 Å². The number of amides is 1. The molecule has 0 bridgehead atoms. The average Bonchev–Trinajstić information content (AvgIpc) is 2.74. The fourth-order valence-corrected chi connectivity index (χ4v) is 3.46. The van der Waals surface area contributed by atoms with Gasteiger partial charge in [-0.1, -0.05) is 12.1 Å². The highest BCUT2D eigenvalue weighted by Crippen LogP contribution is 2.39. The summed E-state index contributed by atoms with van der Waals surface area (Å²) in [5.74, 6) is -0.936. The molecule has 3 rings (SSSR count). The van der Waals surface area contributed by atoms with Gasteiger partial charge in [0.1, 0.15) is 5.82 Å². The van der Waals surface area contributed by atoms with E-state index in [1.54, 1.807) is 42.7 Å². The lowest BCUT2D eigenvalue weighted by Gasteiger charge is -2.37. The lowest BCUT2D eigenvalue weighted by atomic mass is 9.80. The van der Waals surface area contributed by atoms with Crippen LogP contribution in [0.1, 0.15) is 31.2 Å². The van der Waals surface area contributed by atoms with Gasteiger partial charge >= 0.3 is 0 Å². The lowest BCUT2D eigenvalue weighted by Crippen LogP contribution is -2.37. The number of carbonyl (C=O) groups excluding carboxylic acids is 1. The minimum Gasteiger partial charge on any atom is -0.459 e. The van der Waals surface area contributed by atoms with E-state index in [9.17, 15) is 14.3 Å². The van der Waals surface area contributed by atoms with Crippen molar-refractivity contribution in [3.63, 3.8) is 0 Å². The van der Waals surface area contributed by atoms with Gasteiger partial charge < -0.3 is 19.9 Å². The number of halogens is 1. The highest BCUT2D eigenvalue weighted by atomic mass is 19.1. The number of pyridine rings is 1. The number of anilines is 1. The molecule has 2 aromatic rings. The Morgan fingerprint density at radius 3 is 2.76 bits per heavy atom. The first-order valence-corrected chi connectivity index (χ1v) is 9.70. The maximum absolute atomic E-state index is 13.4. The molecule has 6 nitrogen and oxygen atoms in total. The Morgan fingerprint density at radius 1 is 1.31 bits per heavy atom. The first-order valence-electron chi connectivity index (χ1n) is 9.70. The summed E-state index contributed by atoms with van der Waals surface area (Å²) in [7, 11) is 0. The molecule has 2 N–H and O–H groups in total. The smallest absolute Gasteiger partial charge is 0.290 e. The van der Waals surface area contributed by atoms with Crippen LogP contribution in [-0.2, 0) is 14.3 Å². The zero-order valence-corrected chi connectivity index (χ0v) is 16.3. The molecular weight excluding hydrogens is 375 g/mol. The summed E-state index contributed by atoms with van der Waals surface area (Å²) in [6, 6.07) is 9.65. The van der Waals surface area contributed by atoms with Gasteiger partial charge in [-0.05, 0) is 55.7 Å². The number of benzene rings is 1. The van der Waals surface area contributed by atoms with E-state index in [4.69, 9.17) is 9.47 Å². The molecule has 3 atom stereocenters. The van der Waals surface area contributed by atoms with E-state index in [0.29, 0.717) is 25.1 Å². The number of nitrogens with one attached hydrogen (secondary N) is 1. The maximum atomic E-state index is 13.4. The van der Waals surface area contributed by atoms with E-state index < -0.39 is 12.2 Å². The van der Waals surface area contributed by atoms with Crippen LogP contribution in [0.5, 0.6) is 0 Å². The molecule has 1 aromatic carbocycles. The van der Waals surface area contributed by atoms with Crippen molar-refractivity contribution in [2.45, 2.75) is 32.0 Å². The largest absolute Gasteiger partial charge is 0.459 e. The van der Waals surface area contributed by atoms with E-state index in [1.807, 2.05) is 6.92 Å². The van der Waals surface area contributed by atoms with Crippen LogP contribution in [0.15, 0.2) is 60.6 Å². The first-order chi connectivity index (χ1) is 14.1. The third kappa shape index (κ3) is 5.40. The molecule has 29 heavy (non-hydrogen) atoms. The summed E-state index contributed by atoms with van der Waals surface area (Å²) >= 11 is 0. The predicted molar refractivity (Wildman–Crippen MR) is 106 cm³/mol. The monoisotopic (exact) mass is 400 g/mol. The number of carbonyl (C=O) groups is 1. The number of hydrogen-bond acceptors (Lipinski definition) is 5. The second-order valence-corrected chi connectivity index (χ2v) is 6.78. The standard InChI is InChI=1S/C22H25FN2O4/c1-2-28-22-18(6-4-12-26)19(15-7-9-16(23)10-8-15)13-20(29-22)21(27)25-17-5-3-11-24-14-17/h3,5,7-11,13-14,18-19,22,26H,2,4,6,12H2,1H3,(H,25,27)/t18-,19-,22-/m1/s1. The first kappa shape index (κ1) is 21.0. The number of nitrogens with zero attached hydrogens (tertiary/aromatic N) is 1. The van der Waals surface area contributed by atoms with Crippen molar-refractivity contribution >= 4 is 11.6 Å². The Hall–Kier alpha value is -2.77. The molecule has 0 saturated carbocycles. The van der Waals surface area contributed by atoms with Crippen molar-refractivity contribution in [3.8, 4) is 0 Å². The maximum Gasteiger partial charge on any atom is 0.290 e. The van der Waals surface area contributed by atoms with Crippen molar-refractivity contribution in [2.75, 3.05) is 18.5 Å². The van der Waals surface area contributed by atoms with Crippen LogP contribution in [0.25, 0.3) is 0 Å². The molecule has 0 radical (unpaired) electrons. The van der Waals surface area contributed by atoms with Crippen molar-refractivity contribution < 1.29 is 23.8 Å². The van der Waals surface area contributed by atoms with E-state index in [2.05, 4.69) is 10.3 Å². The van der Waals surface area contributed by atoms with Crippen LogP contribution < -0.4 is 5.32 Å². The summed E-state index contributed by atoms with van der Waals surface area (Å²) in [5.41, 5.74) is 1.41. The van der Waals surface area contributed by atoms with Gasteiger partial charge in [0.05, 0.1) is 11.9 Å². The molecule has 154 valence electrons. The zero-order valence-electron chi connectivity index (χ0n) is 16.3. The summed E-state index contributed by atoms with van der Waals surface area (Å²) in [6.07, 6.45) is 5.46. The minimum absolute atomic E-state index is 0.0452. The molecule has 7 heteroatoms. The Morgan fingerprint density at radius 2 is 2.10 bits per heavy atom. The Balaban J connectivity index is 1.92. The van der Waals surface area contributed by atoms with Crippen LogP contribution >= 0.6 is 0 Å². The van der Waals surface area contributed by atoms with Gasteiger partial charge in [-0.2, -0.15) is 0 Å². The fraction of sp³-hybridized carbons (Fsp3) is 0.364. The molecule has 0 spiro atoms. The van der Waals surface area contributed by atoms with Gasteiger partial charge in [-0.3, -0.25) is 9.78 Å². The van der Waals surface area contributed by atoms with Crippen molar-refractivity contribution in [1.82, 2.24) is 4.98 Å². The lowest BCUT2D eigenvalue weighted by molar-refractivity contribution is -0.165. The summed E-state index contributed by atoms with van der Waals surface area (Å²) in [5, 5.41) is 12.1. The normalized spacial score (nSPS) is 21.2. The van der Waals surface area contributed by atoms with E-state index in [-0.39, 0.29) is 30.0 Å². The van der Waals surface area contributed by atoms with Crippen LogP contribution in [-0.4, -0.2) is 35.5 Å². The SMILES string of the molecule is CCO[C@@H]1OC(C(=O)Nc2cccnc2)=C[C@H](c2ccc(F)cc2)[C@H]1CCCO. The molecule has 2 heterocycles. The van der Waals surface area contributed by atoms with Crippen molar-refractivity contribution in [3.05, 3.63) is 72.0 Å². The Labute approximate surface area is 169 Å². The molecule has 0 saturated heterocycles. The van der Waals surface area contributed by atoms with Crippen LogP contribution in [0, 0.1) is 11.7 Å².